The predicted octanol–water partition coefficient (Wildman–Crippen LogP) is 2.75. The lowest BCUT2D eigenvalue weighted by Gasteiger charge is -2.36. The zero-order valence-corrected chi connectivity index (χ0v) is 19.3. The van der Waals surface area contributed by atoms with E-state index in [1.54, 1.807) is 24.3 Å². The van der Waals surface area contributed by atoms with E-state index in [-0.39, 0.29) is 30.7 Å². The average Bonchev–Trinajstić information content (AvgIpc) is 2.80. The molecule has 0 unspecified atom stereocenters. The zero-order valence-electron chi connectivity index (χ0n) is 18.5. The molecule has 9 heteroatoms. The summed E-state index contributed by atoms with van der Waals surface area (Å²) in [4.78, 5) is 26.8. The number of halogens is 1. The van der Waals surface area contributed by atoms with Crippen LogP contribution in [0.1, 0.15) is 44.9 Å². The second-order valence-electron chi connectivity index (χ2n) is 8.56. The number of aliphatic hydroxyl groups is 1. The smallest absolute Gasteiger partial charge is 0.319 e. The van der Waals surface area contributed by atoms with Crippen LogP contribution in [-0.4, -0.2) is 73.0 Å². The number of piperidine rings is 1. The summed E-state index contributed by atoms with van der Waals surface area (Å²) in [6.07, 6.45) is 5.90. The van der Waals surface area contributed by atoms with Crippen molar-refractivity contribution in [1.29, 1.82) is 0 Å². The fourth-order valence-corrected chi connectivity index (χ4v) is 4.41. The van der Waals surface area contributed by atoms with Crippen molar-refractivity contribution in [2.45, 2.75) is 63.2 Å². The molecule has 2 aliphatic rings. The zero-order chi connectivity index (χ0) is 22.8. The lowest BCUT2D eigenvalue weighted by atomic mass is 9.97. The summed E-state index contributed by atoms with van der Waals surface area (Å²) in [6, 6.07) is 6.23. The van der Waals surface area contributed by atoms with Gasteiger partial charge in [0.25, 0.3) is 0 Å². The third-order valence-electron chi connectivity index (χ3n) is 6.11. The Morgan fingerprint density at radius 2 is 1.88 bits per heavy atom. The van der Waals surface area contributed by atoms with Gasteiger partial charge in [-0.05, 0) is 69.5 Å². The number of benzene rings is 1. The van der Waals surface area contributed by atoms with Crippen molar-refractivity contribution in [2.24, 2.45) is 0 Å². The van der Waals surface area contributed by atoms with E-state index >= 15 is 0 Å². The third kappa shape index (κ3) is 8.24. The average molecular weight is 467 g/mol. The van der Waals surface area contributed by atoms with Gasteiger partial charge in [-0.3, -0.25) is 4.79 Å². The number of hydrogen-bond acceptors (Lipinski definition) is 5. The first kappa shape index (κ1) is 24.8. The van der Waals surface area contributed by atoms with E-state index in [1.165, 1.54) is 19.3 Å². The Bertz CT molecular complexity index is 727. The minimum absolute atomic E-state index is 0.0491. The molecule has 2 fully saturated rings. The van der Waals surface area contributed by atoms with E-state index in [4.69, 9.17) is 16.3 Å². The van der Waals surface area contributed by atoms with Gasteiger partial charge in [-0.15, -0.1) is 0 Å². The highest BCUT2D eigenvalue weighted by Crippen LogP contribution is 2.22. The maximum atomic E-state index is 12.3. The minimum atomic E-state index is -0.473. The predicted molar refractivity (Wildman–Crippen MR) is 125 cm³/mol. The van der Waals surface area contributed by atoms with Crippen LogP contribution in [-0.2, 0) is 9.53 Å². The molecule has 0 spiro atoms. The third-order valence-corrected chi connectivity index (χ3v) is 6.36. The van der Waals surface area contributed by atoms with Crippen LogP contribution in [0.2, 0.25) is 5.02 Å². The molecule has 2 heterocycles. The summed E-state index contributed by atoms with van der Waals surface area (Å²) in [6.45, 7) is 3.39. The minimum Gasteiger partial charge on any atom is -0.394 e. The quantitative estimate of drug-likeness (QED) is 0.448. The lowest BCUT2D eigenvalue weighted by Crippen LogP contribution is -2.52. The molecule has 0 aromatic heterocycles. The molecular formula is C23H35ClN4O4. The molecule has 8 nitrogen and oxygen atoms in total. The van der Waals surface area contributed by atoms with Gasteiger partial charge in [0, 0.05) is 30.2 Å². The number of nitrogens with one attached hydrogen (secondary N) is 3. The van der Waals surface area contributed by atoms with Gasteiger partial charge in [-0.2, -0.15) is 0 Å². The maximum absolute atomic E-state index is 12.3. The molecule has 2 saturated heterocycles. The van der Waals surface area contributed by atoms with Gasteiger partial charge in [-0.1, -0.05) is 18.0 Å². The molecular weight excluding hydrogens is 432 g/mol. The number of hydrogen-bond donors (Lipinski definition) is 4. The number of aliphatic hydroxyl groups excluding tert-OH is 1. The highest BCUT2D eigenvalue weighted by molar-refractivity contribution is 6.30. The Balaban J connectivity index is 1.33. The van der Waals surface area contributed by atoms with Crippen LogP contribution in [0.25, 0.3) is 0 Å². The molecule has 178 valence electrons. The number of rotatable bonds is 9. The molecule has 0 radical (unpaired) electrons. The largest absolute Gasteiger partial charge is 0.394 e. The molecule has 0 aliphatic carbocycles. The van der Waals surface area contributed by atoms with E-state index in [1.807, 2.05) is 0 Å². The fraction of sp³-hybridized carbons (Fsp3) is 0.652. The van der Waals surface area contributed by atoms with Gasteiger partial charge in [0.05, 0.1) is 18.8 Å². The van der Waals surface area contributed by atoms with Crippen molar-refractivity contribution in [1.82, 2.24) is 15.5 Å². The summed E-state index contributed by atoms with van der Waals surface area (Å²) in [7, 11) is 0. The summed E-state index contributed by atoms with van der Waals surface area (Å²) in [5, 5.41) is 19.0. The highest BCUT2D eigenvalue weighted by Gasteiger charge is 2.31. The van der Waals surface area contributed by atoms with Gasteiger partial charge < -0.3 is 30.7 Å². The van der Waals surface area contributed by atoms with Crippen molar-refractivity contribution in [3.8, 4) is 0 Å². The second-order valence-corrected chi connectivity index (χ2v) is 9.00. The number of amides is 3. The van der Waals surface area contributed by atoms with E-state index in [9.17, 15) is 14.7 Å². The molecule has 4 N–H and O–H groups in total. The van der Waals surface area contributed by atoms with Crippen LogP contribution in [0, 0.1) is 0 Å². The highest BCUT2D eigenvalue weighted by atomic mass is 35.5. The number of anilines is 1. The van der Waals surface area contributed by atoms with Crippen molar-refractivity contribution in [2.75, 3.05) is 38.1 Å². The van der Waals surface area contributed by atoms with E-state index in [0.717, 1.165) is 26.1 Å². The SMILES string of the molecule is O=C(CCN1CCCCC1)NCC[C@@H]1CC[C@@H](NC(=O)Nc2ccc(Cl)cc2)[C@H](CO)O1. The maximum Gasteiger partial charge on any atom is 0.319 e. The Hall–Kier alpha value is -1.87. The van der Waals surface area contributed by atoms with Crippen LogP contribution < -0.4 is 16.0 Å². The van der Waals surface area contributed by atoms with Crippen molar-refractivity contribution in [3.05, 3.63) is 29.3 Å². The van der Waals surface area contributed by atoms with Crippen molar-refractivity contribution >= 4 is 29.2 Å². The standard InChI is InChI=1S/C23H35ClN4O4/c24-17-4-6-18(7-5-17)26-23(31)27-20-9-8-19(32-21(20)16-29)10-12-25-22(30)11-15-28-13-2-1-3-14-28/h4-7,19-21,29H,1-3,8-16H2,(H,25,30)(H2,26,27,31)/t19-,20+,21-/m0/s1. The molecule has 0 bridgehead atoms. The first-order valence-electron chi connectivity index (χ1n) is 11.6. The number of carbonyl (C=O) groups is 2. The van der Waals surface area contributed by atoms with Crippen LogP contribution >= 0.6 is 11.6 Å². The summed E-state index contributed by atoms with van der Waals surface area (Å²) >= 11 is 5.86. The summed E-state index contributed by atoms with van der Waals surface area (Å²) < 4.78 is 5.98. The number of ether oxygens (including phenoxy) is 1. The first-order chi connectivity index (χ1) is 15.5. The van der Waals surface area contributed by atoms with Gasteiger partial charge >= 0.3 is 6.03 Å². The second kappa shape index (κ2) is 13.0. The molecule has 1 aromatic carbocycles. The van der Waals surface area contributed by atoms with Crippen molar-refractivity contribution in [3.63, 3.8) is 0 Å². The van der Waals surface area contributed by atoms with Crippen LogP contribution in [0.3, 0.4) is 0 Å². The Labute approximate surface area is 195 Å². The van der Waals surface area contributed by atoms with Gasteiger partial charge in [0.15, 0.2) is 0 Å². The van der Waals surface area contributed by atoms with E-state index in [0.29, 0.717) is 36.5 Å². The van der Waals surface area contributed by atoms with Gasteiger partial charge in [-0.25, -0.2) is 4.79 Å². The number of carbonyl (C=O) groups excluding carboxylic acids is 2. The topological polar surface area (TPSA) is 103 Å². The monoisotopic (exact) mass is 466 g/mol. The Morgan fingerprint density at radius 1 is 1.12 bits per heavy atom. The molecule has 0 saturated carbocycles. The lowest BCUT2D eigenvalue weighted by molar-refractivity contribution is -0.122. The fourth-order valence-electron chi connectivity index (χ4n) is 4.28. The molecule has 3 atom stereocenters. The number of urea groups is 1. The van der Waals surface area contributed by atoms with Gasteiger partial charge in [0.2, 0.25) is 5.91 Å². The summed E-state index contributed by atoms with van der Waals surface area (Å²) in [5.41, 5.74) is 0.637. The number of likely N-dealkylation sites (tertiary alicyclic amines) is 1. The van der Waals surface area contributed by atoms with Gasteiger partial charge in [0.1, 0.15) is 6.10 Å². The van der Waals surface area contributed by atoms with Crippen LogP contribution in [0.4, 0.5) is 10.5 Å². The Morgan fingerprint density at radius 3 is 2.59 bits per heavy atom. The normalized spacial score (nSPS) is 24.0. The summed E-state index contributed by atoms with van der Waals surface area (Å²) in [5.74, 6) is 0.0727. The van der Waals surface area contributed by atoms with Crippen molar-refractivity contribution < 1.29 is 19.4 Å². The molecule has 3 amide bonds. The molecule has 3 rings (SSSR count). The van der Waals surface area contributed by atoms with Crippen LogP contribution in [0.5, 0.6) is 0 Å². The molecule has 1 aromatic rings. The first-order valence-corrected chi connectivity index (χ1v) is 12.0. The number of nitrogens with zero attached hydrogens (tertiary/aromatic N) is 1. The van der Waals surface area contributed by atoms with E-state index < -0.39 is 6.10 Å². The van der Waals surface area contributed by atoms with E-state index in [2.05, 4.69) is 20.9 Å². The molecule has 32 heavy (non-hydrogen) atoms. The molecule has 2 aliphatic heterocycles. The van der Waals surface area contributed by atoms with Crippen LogP contribution in [0.15, 0.2) is 24.3 Å². The Kier molecular flexibility index (Phi) is 10.1.